The number of benzene rings is 3. The van der Waals surface area contributed by atoms with E-state index in [-0.39, 0.29) is 17.6 Å². The van der Waals surface area contributed by atoms with Gasteiger partial charge in [0.05, 0.1) is 6.17 Å². The molecule has 0 fully saturated rings. The minimum absolute atomic E-state index is 0.0375. The summed E-state index contributed by atoms with van der Waals surface area (Å²) in [4.78, 5) is 12.7. The first-order valence-electron chi connectivity index (χ1n) is 10.4. The summed E-state index contributed by atoms with van der Waals surface area (Å²) in [5.41, 5.74) is 17.0. The van der Waals surface area contributed by atoms with Crippen LogP contribution in [0.4, 0.5) is 8.78 Å². The topological polar surface area (TPSA) is 90.4 Å². The van der Waals surface area contributed by atoms with Crippen LogP contribution in [0.1, 0.15) is 74.6 Å². The first kappa shape index (κ1) is 20.8. The fraction of sp³-hybridized carbons (Fsp3) is 0.240. The van der Waals surface area contributed by atoms with Crippen molar-refractivity contribution in [3.63, 3.8) is 0 Å². The molecule has 2 aliphatic heterocycles. The Hall–Kier alpha value is -3.13. The van der Waals surface area contributed by atoms with Gasteiger partial charge in [-0.25, -0.2) is 8.78 Å². The lowest BCUT2D eigenvalue weighted by atomic mass is 9.84. The summed E-state index contributed by atoms with van der Waals surface area (Å²) < 4.78 is 33.7. The number of amides is 1. The van der Waals surface area contributed by atoms with Gasteiger partial charge in [0, 0.05) is 24.6 Å². The second-order valence-corrected chi connectivity index (χ2v) is 8.42. The van der Waals surface area contributed by atoms with Crippen LogP contribution < -0.4 is 16.8 Å². The van der Waals surface area contributed by atoms with Crippen LogP contribution in [-0.4, -0.2) is 5.91 Å². The van der Waals surface area contributed by atoms with Gasteiger partial charge >= 0.3 is 0 Å². The van der Waals surface area contributed by atoms with Crippen molar-refractivity contribution in [3.05, 3.63) is 105 Å². The molecule has 0 radical (unpaired) electrons. The van der Waals surface area contributed by atoms with Crippen molar-refractivity contribution in [2.24, 2.45) is 11.5 Å². The molecule has 0 saturated heterocycles. The van der Waals surface area contributed by atoms with Crippen molar-refractivity contribution in [1.29, 1.82) is 0 Å². The predicted octanol–water partition coefficient (Wildman–Crippen LogP) is 4.17. The van der Waals surface area contributed by atoms with Gasteiger partial charge in [-0.15, -0.1) is 0 Å². The highest BCUT2D eigenvalue weighted by Gasteiger charge is 2.43. The van der Waals surface area contributed by atoms with Crippen LogP contribution in [-0.2, 0) is 17.2 Å². The molecule has 5 N–H and O–H groups in total. The van der Waals surface area contributed by atoms with Crippen molar-refractivity contribution in [1.82, 2.24) is 5.32 Å². The summed E-state index contributed by atoms with van der Waals surface area (Å²) in [7, 11) is 0. The van der Waals surface area contributed by atoms with Gasteiger partial charge in [-0.3, -0.25) is 4.79 Å². The highest BCUT2D eigenvalue weighted by molar-refractivity contribution is 5.94. The number of carbonyl (C=O) groups is 1. The van der Waals surface area contributed by atoms with Crippen molar-refractivity contribution in [3.8, 4) is 0 Å². The van der Waals surface area contributed by atoms with Crippen LogP contribution >= 0.6 is 0 Å². The molecule has 7 heteroatoms. The fourth-order valence-corrected chi connectivity index (χ4v) is 4.40. The van der Waals surface area contributed by atoms with Crippen LogP contribution in [0.25, 0.3) is 0 Å². The van der Waals surface area contributed by atoms with Gasteiger partial charge in [0.2, 0.25) is 0 Å². The summed E-state index contributed by atoms with van der Waals surface area (Å²) >= 11 is 0. The number of nitrogens with two attached hydrogens (primary N) is 2. The number of alkyl halides is 2. The summed E-state index contributed by atoms with van der Waals surface area (Å²) in [6, 6.07) is 17.6. The molecule has 3 aromatic rings. The minimum Gasteiger partial charge on any atom is -0.356 e. The van der Waals surface area contributed by atoms with Gasteiger partial charge < -0.3 is 21.5 Å². The average Bonchev–Trinajstić information content (AvgIpc) is 3.34. The molecular weight excluding hydrogens is 412 g/mol. The molecule has 0 aromatic heterocycles. The molecule has 5 nitrogen and oxygen atoms in total. The van der Waals surface area contributed by atoms with Crippen LogP contribution in [0.2, 0.25) is 0 Å². The molecule has 0 aliphatic carbocycles. The largest absolute Gasteiger partial charge is 0.356 e. The Labute approximate surface area is 184 Å². The fourth-order valence-electron chi connectivity index (χ4n) is 4.40. The molecule has 0 saturated carbocycles. The molecule has 1 amide bonds. The highest BCUT2D eigenvalue weighted by Crippen LogP contribution is 2.54. The van der Waals surface area contributed by atoms with E-state index in [0.717, 1.165) is 40.3 Å². The standard InChI is InChI=1S/C25H23F2N3O2/c1-25(26,27)16-7-9-18-20(11-16)22-19-10-15(6-8-17(19)21(18)32-22)24(31)30-12-13-2-4-14(5-3-13)23(28)29/h2-11,21-23H,12,28-29H2,1H3,(H,30,31)/t21-,22+/m1/s1. The van der Waals surface area contributed by atoms with Crippen LogP contribution in [0.3, 0.4) is 0 Å². The van der Waals surface area contributed by atoms with Crippen molar-refractivity contribution in [2.45, 2.75) is 37.8 Å². The van der Waals surface area contributed by atoms with E-state index < -0.39 is 18.2 Å². The summed E-state index contributed by atoms with van der Waals surface area (Å²) in [5, 5.41) is 2.91. The molecule has 32 heavy (non-hydrogen) atoms. The molecule has 5 rings (SSSR count). The van der Waals surface area contributed by atoms with Gasteiger partial charge in [0.25, 0.3) is 11.8 Å². The van der Waals surface area contributed by atoms with Gasteiger partial charge in [-0.1, -0.05) is 42.5 Å². The smallest absolute Gasteiger partial charge is 0.270 e. The van der Waals surface area contributed by atoms with Crippen molar-refractivity contribution >= 4 is 5.91 Å². The van der Waals surface area contributed by atoms with E-state index in [4.69, 9.17) is 16.2 Å². The van der Waals surface area contributed by atoms with Crippen molar-refractivity contribution in [2.75, 3.05) is 0 Å². The van der Waals surface area contributed by atoms with E-state index in [1.165, 1.54) is 12.1 Å². The molecule has 2 aliphatic rings. The SMILES string of the molecule is CC(F)(F)c1ccc2c(c1)[C@H]1O[C@@H]2c2ccc(C(=O)NCc3ccc(C(N)N)cc3)cc21. The molecule has 0 spiro atoms. The molecule has 2 bridgehead atoms. The van der Waals surface area contributed by atoms with Gasteiger partial charge in [0.1, 0.15) is 12.2 Å². The predicted molar refractivity (Wildman–Crippen MR) is 116 cm³/mol. The third kappa shape index (κ3) is 3.48. The monoisotopic (exact) mass is 435 g/mol. The number of hydrogen-bond donors (Lipinski definition) is 3. The van der Waals surface area contributed by atoms with E-state index in [1.54, 1.807) is 18.2 Å². The summed E-state index contributed by atoms with van der Waals surface area (Å²) in [5.74, 6) is -3.14. The lowest BCUT2D eigenvalue weighted by Gasteiger charge is -2.19. The number of nitrogens with one attached hydrogen (secondary N) is 1. The number of fused-ring (bicyclic) bond motifs is 8. The maximum Gasteiger partial charge on any atom is 0.270 e. The zero-order valence-corrected chi connectivity index (χ0v) is 17.4. The molecule has 164 valence electrons. The number of ether oxygens (including phenoxy) is 1. The normalized spacial score (nSPS) is 18.6. The molecule has 2 atom stereocenters. The van der Waals surface area contributed by atoms with Gasteiger partial charge in [-0.05, 0) is 51.6 Å². The molecular formula is C25H23F2N3O2. The Bertz CT molecular complexity index is 1200. The number of halogens is 2. The van der Waals surface area contributed by atoms with Gasteiger partial charge in [-0.2, -0.15) is 0 Å². The Kier molecular flexibility index (Phi) is 4.85. The second-order valence-electron chi connectivity index (χ2n) is 8.42. The lowest BCUT2D eigenvalue weighted by molar-refractivity contribution is 0.0173. The molecule has 3 aromatic carbocycles. The third-order valence-corrected chi connectivity index (χ3v) is 6.16. The highest BCUT2D eigenvalue weighted by atomic mass is 19.3. The lowest BCUT2D eigenvalue weighted by Crippen LogP contribution is -2.23. The Balaban J connectivity index is 1.34. The first-order chi connectivity index (χ1) is 15.2. The van der Waals surface area contributed by atoms with Gasteiger partial charge in [0.15, 0.2) is 0 Å². The number of hydrogen-bond acceptors (Lipinski definition) is 4. The van der Waals surface area contributed by atoms with E-state index in [2.05, 4.69) is 5.32 Å². The maximum absolute atomic E-state index is 13.8. The molecule has 2 heterocycles. The minimum atomic E-state index is -2.92. The summed E-state index contributed by atoms with van der Waals surface area (Å²) in [6.07, 6.45) is -1.26. The van der Waals surface area contributed by atoms with Crippen molar-refractivity contribution < 1.29 is 18.3 Å². The molecule has 0 unspecified atom stereocenters. The zero-order chi connectivity index (χ0) is 22.6. The Morgan fingerprint density at radius 3 is 2.25 bits per heavy atom. The Morgan fingerprint density at radius 2 is 1.59 bits per heavy atom. The maximum atomic E-state index is 13.8. The van der Waals surface area contributed by atoms with Crippen LogP contribution in [0.5, 0.6) is 0 Å². The number of rotatable bonds is 5. The van der Waals surface area contributed by atoms with E-state index in [9.17, 15) is 13.6 Å². The second kappa shape index (κ2) is 7.48. The third-order valence-electron chi connectivity index (χ3n) is 6.16. The van der Waals surface area contributed by atoms with E-state index >= 15 is 0 Å². The first-order valence-corrected chi connectivity index (χ1v) is 10.4. The van der Waals surface area contributed by atoms with E-state index in [0.29, 0.717) is 12.1 Å². The number of carbonyl (C=O) groups excluding carboxylic acids is 1. The quantitative estimate of drug-likeness (QED) is 0.525. The zero-order valence-electron chi connectivity index (χ0n) is 17.4. The average molecular weight is 435 g/mol. The summed E-state index contributed by atoms with van der Waals surface area (Å²) in [6.45, 7) is 1.24. The van der Waals surface area contributed by atoms with Crippen LogP contribution in [0, 0.1) is 0 Å². The van der Waals surface area contributed by atoms with Crippen LogP contribution in [0.15, 0.2) is 60.7 Å². The van der Waals surface area contributed by atoms with E-state index in [1.807, 2.05) is 30.3 Å². The Morgan fingerprint density at radius 1 is 0.969 bits per heavy atom.